The Labute approximate surface area is 311 Å². The van der Waals surface area contributed by atoms with E-state index in [2.05, 4.69) is 206 Å². The van der Waals surface area contributed by atoms with Gasteiger partial charge in [-0.05, 0) is 113 Å². The summed E-state index contributed by atoms with van der Waals surface area (Å²) >= 11 is 0. The molecule has 1 heteroatoms. The summed E-state index contributed by atoms with van der Waals surface area (Å²) in [7, 11) is 0. The quantitative estimate of drug-likeness (QED) is 0.185. The molecule has 1 N–H and O–H groups in total. The molecular formula is C52H37N. The lowest BCUT2D eigenvalue weighted by Gasteiger charge is -2.26. The summed E-state index contributed by atoms with van der Waals surface area (Å²) in [4.78, 5) is 0. The van der Waals surface area contributed by atoms with E-state index in [0.29, 0.717) is 0 Å². The molecule has 1 aliphatic heterocycles. The summed E-state index contributed by atoms with van der Waals surface area (Å²) in [6, 6.07) is 68.5. The topological polar surface area (TPSA) is 12.0 Å². The summed E-state index contributed by atoms with van der Waals surface area (Å²) in [5, 5.41) is 6.48. The maximum Gasteiger partial charge on any atom is 0.0707 e. The lowest BCUT2D eigenvalue weighted by molar-refractivity contribution is 0.767. The normalized spacial score (nSPS) is 14.5. The van der Waals surface area contributed by atoms with Crippen LogP contribution >= 0.6 is 0 Å². The first-order valence-corrected chi connectivity index (χ1v) is 18.5. The zero-order chi connectivity index (χ0) is 35.1. The van der Waals surface area contributed by atoms with Gasteiger partial charge >= 0.3 is 0 Å². The van der Waals surface area contributed by atoms with Crippen molar-refractivity contribution >= 4 is 22.0 Å². The summed E-state index contributed by atoms with van der Waals surface area (Å²) in [5.74, 6) is 0. The number of hydrogen-bond acceptors (Lipinski definition) is 1. The van der Waals surface area contributed by atoms with E-state index in [1.54, 1.807) is 0 Å². The van der Waals surface area contributed by atoms with Crippen molar-refractivity contribution in [3.8, 4) is 44.5 Å². The molecule has 10 rings (SSSR count). The van der Waals surface area contributed by atoms with Crippen LogP contribution in [0.5, 0.6) is 0 Å². The van der Waals surface area contributed by atoms with Gasteiger partial charge in [0.25, 0.3) is 0 Å². The molecule has 53 heavy (non-hydrogen) atoms. The predicted molar refractivity (Wildman–Crippen MR) is 223 cm³/mol. The fourth-order valence-electron chi connectivity index (χ4n) is 8.43. The summed E-state index contributed by atoms with van der Waals surface area (Å²) < 4.78 is 0. The van der Waals surface area contributed by atoms with Crippen LogP contribution in [-0.4, -0.2) is 0 Å². The molecule has 0 amide bonds. The predicted octanol–water partition coefficient (Wildman–Crippen LogP) is 13.2. The highest BCUT2D eigenvalue weighted by atomic mass is 14.9. The number of benzene rings is 8. The van der Waals surface area contributed by atoms with Crippen LogP contribution < -0.4 is 5.32 Å². The van der Waals surface area contributed by atoms with Crippen LogP contribution in [0.25, 0.3) is 66.6 Å². The molecule has 250 valence electrons. The first-order chi connectivity index (χ1) is 26.3. The molecule has 1 unspecified atom stereocenters. The Morgan fingerprint density at radius 3 is 1.64 bits per heavy atom. The van der Waals surface area contributed by atoms with Crippen molar-refractivity contribution in [1.29, 1.82) is 0 Å². The van der Waals surface area contributed by atoms with E-state index in [4.69, 9.17) is 0 Å². The second kappa shape index (κ2) is 13.1. The van der Waals surface area contributed by atoms with Crippen molar-refractivity contribution in [3.05, 3.63) is 228 Å². The smallest absolute Gasteiger partial charge is 0.0707 e. The molecule has 0 aromatic heterocycles. The maximum absolute atomic E-state index is 3.84. The second-order valence-corrected chi connectivity index (χ2v) is 14.1. The van der Waals surface area contributed by atoms with E-state index in [1.807, 2.05) is 0 Å². The summed E-state index contributed by atoms with van der Waals surface area (Å²) in [5.41, 5.74) is 19.2. The molecule has 2 aliphatic rings. The van der Waals surface area contributed by atoms with Crippen LogP contribution in [0, 0.1) is 0 Å². The van der Waals surface area contributed by atoms with Crippen LogP contribution in [0.15, 0.2) is 200 Å². The molecule has 1 atom stereocenters. The van der Waals surface area contributed by atoms with Gasteiger partial charge in [0.2, 0.25) is 0 Å². The Balaban J connectivity index is 1.05. The van der Waals surface area contributed by atoms with Crippen molar-refractivity contribution in [2.45, 2.75) is 12.5 Å². The lowest BCUT2D eigenvalue weighted by Crippen LogP contribution is -2.21. The van der Waals surface area contributed by atoms with E-state index in [1.165, 1.54) is 88.7 Å². The van der Waals surface area contributed by atoms with Gasteiger partial charge in [0.15, 0.2) is 0 Å². The van der Waals surface area contributed by atoms with Crippen molar-refractivity contribution in [1.82, 2.24) is 5.32 Å². The molecule has 8 aromatic rings. The Morgan fingerprint density at radius 1 is 0.377 bits per heavy atom. The minimum Gasteiger partial charge on any atom is -0.374 e. The van der Waals surface area contributed by atoms with Gasteiger partial charge < -0.3 is 5.32 Å². The number of hydrogen-bond donors (Lipinski definition) is 1. The minimum atomic E-state index is 0.0419. The molecule has 1 heterocycles. The molecule has 0 saturated heterocycles. The Morgan fingerprint density at radius 2 is 0.925 bits per heavy atom. The van der Waals surface area contributed by atoms with E-state index in [9.17, 15) is 0 Å². The lowest BCUT2D eigenvalue weighted by atomic mass is 9.89. The summed E-state index contributed by atoms with van der Waals surface area (Å²) in [6.07, 6.45) is 5.55. The largest absolute Gasteiger partial charge is 0.374 e. The van der Waals surface area contributed by atoms with E-state index in [0.717, 1.165) is 12.1 Å². The van der Waals surface area contributed by atoms with Gasteiger partial charge in [-0.1, -0.05) is 182 Å². The fourth-order valence-corrected chi connectivity index (χ4v) is 8.43. The van der Waals surface area contributed by atoms with Crippen molar-refractivity contribution in [2.24, 2.45) is 0 Å². The van der Waals surface area contributed by atoms with E-state index in [-0.39, 0.29) is 6.04 Å². The van der Waals surface area contributed by atoms with Crippen LogP contribution in [0.2, 0.25) is 0 Å². The van der Waals surface area contributed by atoms with Gasteiger partial charge in [0.1, 0.15) is 0 Å². The van der Waals surface area contributed by atoms with Gasteiger partial charge in [-0.3, -0.25) is 0 Å². The highest BCUT2D eigenvalue weighted by molar-refractivity contribution is 6.05. The Kier molecular flexibility index (Phi) is 7.69. The molecule has 1 aliphatic carbocycles. The average molecular weight is 676 g/mol. The molecule has 8 aromatic carbocycles. The Hall–Kier alpha value is -6.70. The standard InChI is InChI=1S/C52H37N/c1-4-15-35(16-5-1)40-31-51(38-19-8-3-9-20-38)53-52(32-40)39-29-27-37(28-30-39)47-33-49-46-26-14-25-45(48(46)34-50(49)44-24-13-12-23-43(44)47)42-22-11-10-21-41(42)36-17-6-2-7-18-36/h1-33,52-53H,34H2. The number of allylic oxidation sites excluding steroid dienone is 2. The third-order valence-corrected chi connectivity index (χ3v) is 11.0. The van der Waals surface area contributed by atoms with E-state index < -0.39 is 0 Å². The fraction of sp³-hybridized carbons (Fsp3) is 0.0385. The van der Waals surface area contributed by atoms with Crippen LogP contribution in [0.1, 0.15) is 33.9 Å². The third-order valence-electron chi connectivity index (χ3n) is 11.0. The SMILES string of the molecule is C1=C(c2ccccc2)C=C(c2ccccc2)NC1c1ccc(-c2cc3c(c4ccccc24)Cc2c(-c4ccccc4-c4ccccc4)cccc2-3)cc1. The van der Waals surface area contributed by atoms with Crippen molar-refractivity contribution < 1.29 is 0 Å². The van der Waals surface area contributed by atoms with Crippen LogP contribution in [-0.2, 0) is 6.42 Å². The monoisotopic (exact) mass is 675 g/mol. The zero-order valence-electron chi connectivity index (χ0n) is 29.3. The number of fused-ring (bicyclic) bond motifs is 5. The Bertz CT molecular complexity index is 2680. The third kappa shape index (κ3) is 5.59. The molecule has 0 fully saturated rings. The van der Waals surface area contributed by atoms with Crippen LogP contribution in [0.3, 0.4) is 0 Å². The minimum absolute atomic E-state index is 0.0419. The van der Waals surface area contributed by atoms with Gasteiger partial charge in [0.05, 0.1) is 6.04 Å². The van der Waals surface area contributed by atoms with Gasteiger partial charge in [-0.15, -0.1) is 0 Å². The molecule has 0 saturated carbocycles. The molecule has 1 nitrogen and oxygen atoms in total. The first-order valence-electron chi connectivity index (χ1n) is 18.5. The van der Waals surface area contributed by atoms with Gasteiger partial charge in [-0.2, -0.15) is 0 Å². The molecule has 0 spiro atoms. The van der Waals surface area contributed by atoms with E-state index >= 15 is 0 Å². The van der Waals surface area contributed by atoms with Crippen LogP contribution in [0.4, 0.5) is 0 Å². The first kappa shape index (κ1) is 31.1. The number of dihydropyridines is 1. The highest BCUT2D eigenvalue weighted by Crippen LogP contribution is 2.48. The second-order valence-electron chi connectivity index (χ2n) is 14.1. The highest BCUT2D eigenvalue weighted by Gasteiger charge is 2.26. The molecular weight excluding hydrogens is 639 g/mol. The molecule has 0 radical (unpaired) electrons. The maximum atomic E-state index is 3.84. The van der Waals surface area contributed by atoms with Crippen molar-refractivity contribution in [2.75, 3.05) is 0 Å². The number of nitrogens with one attached hydrogen (secondary N) is 1. The molecule has 0 bridgehead atoms. The number of rotatable bonds is 6. The van der Waals surface area contributed by atoms with Crippen molar-refractivity contribution in [3.63, 3.8) is 0 Å². The summed E-state index contributed by atoms with van der Waals surface area (Å²) in [6.45, 7) is 0. The average Bonchev–Trinajstić information content (AvgIpc) is 3.63. The zero-order valence-corrected chi connectivity index (χ0v) is 29.3. The van der Waals surface area contributed by atoms with Gasteiger partial charge in [-0.25, -0.2) is 0 Å². The van der Waals surface area contributed by atoms with Gasteiger partial charge in [0, 0.05) is 5.70 Å².